The molecule has 0 aliphatic heterocycles. The smallest absolute Gasteiger partial charge is 0.306 e. The van der Waals surface area contributed by atoms with E-state index in [1.807, 2.05) is 54.6 Å². The van der Waals surface area contributed by atoms with Gasteiger partial charge in [0, 0.05) is 6.04 Å². The lowest BCUT2D eigenvalue weighted by Crippen LogP contribution is -2.31. The molecule has 0 bridgehead atoms. The van der Waals surface area contributed by atoms with Gasteiger partial charge < -0.3 is 20.9 Å². The lowest BCUT2D eigenvalue weighted by molar-refractivity contribution is -0.142. The maximum absolute atomic E-state index is 11.4. The summed E-state index contributed by atoms with van der Waals surface area (Å²) in [4.78, 5) is 19.9. The van der Waals surface area contributed by atoms with Gasteiger partial charge >= 0.3 is 5.97 Å². The van der Waals surface area contributed by atoms with Gasteiger partial charge in [-0.2, -0.15) is 0 Å². The number of benzene rings is 2. The summed E-state index contributed by atoms with van der Waals surface area (Å²) in [5.41, 5.74) is 7.75. The number of aromatic nitrogens is 2. The third-order valence-corrected chi connectivity index (χ3v) is 5.36. The first-order chi connectivity index (χ1) is 14.6. The summed E-state index contributed by atoms with van der Waals surface area (Å²) in [5.74, 6) is 1.41. The van der Waals surface area contributed by atoms with Gasteiger partial charge in [-0.15, -0.1) is 0 Å². The molecule has 1 fully saturated rings. The van der Waals surface area contributed by atoms with Crippen LogP contribution in [0.25, 0.3) is 11.1 Å². The summed E-state index contributed by atoms with van der Waals surface area (Å²) in [6, 6.07) is 17.2. The number of carboxylic acid groups (broad SMARTS) is 1. The Morgan fingerprint density at radius 2 is 1.77 bits per heavy atom. The number of nitrogen functional groups attached to an aromatic ring is 1. The molecule has 7 heteroatoms. The van der Waals surface area contributed by atoms with Crippen molar-refractivity contribution in [2.75, 3.05) is 11.1 Å². The van der Waals surface area contributed by atoms with Crippen molar-refractivity contribution >= 4 is 17.6 Å². The van der Waals surface area contributed by atoms with Gasteiger partial charge in [-0.1, -0.05) is 36.8 Å². The second kappa shape index (κ2) is 8.82. The molecule has 4 rings (SSSR count). The monoisotopic (exact) mass is 404 g/mol. The van der Waals surface area contributed by atoms with Crippen LogP contribution in [0.3, 0.4) is 0 Å². The quantitative estimate of drug-likeness (QED) is 0.552. The molecule has 0 spiro atoms. The van der Waals surface area contributed by atoms with Crippen LogP contribution in [0.4, 0.5) is 11.6 Å². The minimum atomic E-state index is -0.738. The summed E-state index contributed by atoms with van der Waals surface area (Å²) in [6.07, 6.45) is 4.48. The van der Waals surface area contributed by atoms with Crippen molar-refractivity contribution in [1.29, 1.82) is 0 Å². The molecular formula is C23H24N4O3. The summed E-state index contributed by atoms with van der Waals surface area (Å²) < 4.78 is 5.85. The largest absolute Gasteiger partial charge is 0.481 e. The highest BCUT2D eigenvalue weighted by atomic mass is 16.5. The highest BCUT2D eigenvalue weighted by Gasteiger charge is 2.28. The van der Waals surface area contributed by atoms with Gasteiger partial charge in [-0.05, 0) is 49.1 Å². The number of nitrogens with zero attached hydrogens (tertiary/aromatic N) is 2. The number of hydrogen-bond donors (Lipinski definition) is 3. The Morgan fingerprint density at radius 3 is 2.50 bits per heavy atom. The Labute approximate surface area is 174 Å². The van der Waals surface area contributed by atoms with E-state index in [9.17, 15) is 9.90 Å². The van der Waals surface area contributed by atoms with Crippen molar-refractivity contribution in [2.24, 2.45) is 5.92 Å². The Bertz CT molecular complexity index is 1010. The van der Waals surface area contributed by atoms with Crippen molar-refractivity contribution in [3.05, 3.63) is 60.9 Å². The molecule has 2 aromatic carbocycles. The summed E-state index contributed by atoms with van der Waals surface area (Å²) >= 11 is 0. The van der Waals surface area contributed by atoms with Crippen molar-refractivity contribution < 1.29 is 14.6 Å². The Kier molecular flexibility index (Phi) is 5.79. The Hall–Kier alpha value is -3.61. The number of carbonyl (C=O) groups is 1. The maximum Gasteiger partial charge on any atom is 0.306 e. The zero-order chi connectivity index (χ0) is 20.9. The van der Waals surface area contributed by atoms with Gasteiger partial charge in [-0.3, -0.25) is 4.79 Å². The molecule has 1 saturated carbocycles. The molecule has 154 valence electrons. The maximum atomic E-state index is 11.4. The second-order valence-corrected chi connectivity index (χ2v) is 7.47. The van der Waals surface area contributed by atoms with Crippen molar-refractivity contribution in [2.45, 2.75) is 31.7 Å². The predicted octanol–water partition coefficient (Wildman–Crippen LogP) is 4.57. The molecule has 4 N–H and O–H groups in total. The van der Waals surface area contributed by atoms with Crippen molar-refractivity contribution in [1.82, 2.24) is 9.97 Å². The second-order valence-electron chi connectivity index (χ2n) is 7.47. The van der Waals surface area contributed by atoms with E-state index in [0.717, 1.165) is 30.6 Å². The molecule has 1 unspecified atom stereocenters. The Morgan fingerprint density at radius 1 is 1.03 bits per heavy atom. The number of nitrogens with two attached hydrogens (primary N) is 1. The number of aliphatic carboxylic acids is 1. The molecule has 1 aromatic heterocycles. The van der Waals surface area contributed by atoms with Crippen LogP contribution in [0.15, 0.2) is 60.9 Å². The predicted molar refractivity (Wildman–Crippen MR) is 115 cm³/mol. The van der Waals surface area contributed by atoms with Crippen LogP contribution < -0.4 is 15.8 Å². The van der Waals surface area contributed by atoms with Crippen LogP contribution in [-0.4, -0.2) is 27.1 Å². The molecule has 0 radical (unpaired) electrons. The topological polar surface area (TPSA) is 110 Å². The summed E-state index contributed by atoms with van der Waals surface area (Å²) in [7, 11) is 0. The van der Waals surface area contributed by atoms with Crippen LogP contribution in [0.1, 0.15) is 25.7 Å². The number of carboxylic acids is 1. The highest BCUT2D eigenvalue weighted by Crippen LogP contribution is 2.35. The lowest BCUT2D eigenvalue weighted by atomic mass is 9.85. The van der Waals surface area contributed by atoms with Crippen molar-refractivity contribution in [3.63, 3.8) is 0 Å². The lowest BCUT2D eigenvalue weighted by Gasteiger charge is -2.28. The van der Waals surface area contributed by atoms with E-state index in [1.165, 1.54) is 6.33 Å². The minimum absolute atomic E-state index is 0.0357. The first-order valence-corrected chi connectivity index (χ1v) is 10.0. The van der Waals surface area contributed by atoms with E-state index >= 15 is 0 Å². The van der Waals surface area contributed by atoms with Crippen LogP contribution in [0.5, 0.6) is 11.5 Å². The molecule has 1 aliphatic rings. The summed E-state index contributed by atoms with van der Waals surface area (Å²) in [5, 5.41) is 12.7. The van der Waals surface area contributed by atoms with E-state index in [4.69, 9.17) is 10.5 Å². The first-order valence-electron chi connectivity index (χ1n) is 10.0. The van der Waals surface area contributed by atoms with E-state index in [0.29, 0.717) is 29.4 Å². The normalized spacial score (nSPS) is 18.5. The molecule has 1 heterocycles. The number of anilines is 2. The van der Waals surface area contributed by atoms with Gasteiger partial charge in [0.2, 0.25) is 0 Å². The number of hydrogen-bond acceptors (Lipinski definition) is 6. The Balaban J connectivity index is 1.55. The standard InChI is InChI=1S/C23H24N4O3/c24-21-20(15-9-11-19(12-10-15)30-18-7-2-1-3-8-18)22(26-14-25-21)27-17-6-4-5-16(13-17)23(28)29/h1-3,7-12,14,16-17H,4-6,13H2,(H,28,29)(H3,24,25,26,27)/t16-,17?/m1/s1. The summed E-state index contributed by atoms with van der Waals surface area (Å²) in [6.45, 7) is 0. The molecule has 2 atom stereocenters. The molecule has 0 saturated heterocycles. The number of nitrogens with one attached hydrogen (secondary N) is 1. The molecule has 3 aromatic rings. The third kappa shape index (κ3) is 4.51. The minimum Gasteiger partial charge on any atom is -0.481 e. The van der Waals surface area contributed by atoms with Crippen LogP contribution in [-0.2, 0) is 4.79 Å². The van der Waals surface area contributed by atoms with E-state index < -0.39 is 5.97 Å². The van der Waals surface area contributed by atoms with Gasteiger partial charge in [0.25, 0.3) is 0 Å². The first kappa shape index (κ1) is 19.7. The third-order valence-electron chi connectivity index (χ3n) is 5.36. The van der Waals surface area contributed by atoms with E-state index in [1.54, 1.807) is 0 Å². The highest BCUT2D eigenvalue weighted by molar-refractivity contribution is 5.83. The fourth-order valence-electron chi connectivity index (χ4n) is 3.85. The van der Waals surface area contributed by atoms with Gasteiger partial charge in [0.15, 0.2) is 0 Å². The molecule has 30 heavy (non-hydrogen) atoms. The number of para-hydroxylation sites is 1. The number of ether oxygens (including phenoxy) is 1. The molecule has 1 aliphatic carbocycles. The van der Waals surface area contributed by atoms with Gasteiger partial charge in [0.1, 0.15) is 29.5 Å². The van der Waals surface area contributed by atoms with Gasteiger partial charge in [0.05, 0.1) is 11.5 Å². The van der Waals surface area contributed by atoms with E-state index in [-0.39, 0.29) is 12.0 Å². The SMILES string of the molecule is Nc1ncnc(NC2CCC[C@@H](C(=O)O)C2)c1-c1ccc(Oc2ccccc2)cc1. The zero-order valence-corrected chi connectivity index (χ0v) is 16.5. The molecule has 7 nitrogen and oxygen atoms in total. The zero-order valence-electron chi connectivity index (χ0n) is 16.5. The van der Waals surface area contributed by atoms with Crippen LogP contribution in [0.2, 0.25) is 0 Å². The molecule has 0 amide bonds. The average Bonchev–Trinajstić information content (AvgIpc) is 2.76. The fourth-order valence-corrected chi connectivity index (χ4v) is 3.85. The van der Waals surface area contributed by atoms with E-state index in [2.05, 4.69) is 15.3 Å². The van der Waals surface area contributed by atoms with Crippen molar-refractivity contribution in [3.8, 4) is 22.6 Å². The van der Waals surface area contributed by atoms with Crippen LogP contribution in [0, 0.1) is 5.92 Å². The fraction of sp³-hybridized carbons (Fsp3) is 0.261. The average molecular weight is 404 g/mol. The van der Waals surface area contributed by atoms with Gasteiger partial charge in [-0.25, -0.2) is 9.97 Å². The number of rotatable bonds is 6. The molecular weight excluding hydrogens is 380 g/mol. The van der Waals surface area contributed by atoms with Crippen LogP contribution >= 0.6 is 0 Å².